The second-order valence-corrected chi connectivity index (χ2v) is 5.61. The SMILES string of the molecule is Ic1cnc(Nc2nc3ccccc3s2)nc1. The summed E-state index contributed by atoms with van der Waals surface area (Å²) in [7, 11) is 0. The molecule has 3 rings (SSSR count). The van der Waals surface area contributed by atoms with E-state index < -0.39 is 0 Å². The van der Waals surface area contributed by atoms with E-state index in [0.29, 0.717) is 5.95 Å². The van der Waals surface area contributed by atoms with E-state index in [-0.39, 0.29) is 0 Å². The fourth-order valence-electron chi connectivity index (χ4n) is 1.40. The van der Waals surface area contributed by atoms with E-state index in [2.05, 4.69) is 42.9 Å². The van der Waals surface area contributed by atoms with Crippen LogP contribution in [0, 0.1) is 3.57 Å². The number of rotatable bonds is 2. The van der Waals surface area contributed by atoms with Gasteiger partial charge in [-0.2, -0.15) is 0 Å². The first kappa shape index (κ1) is 10.8. The van der Waals surface area contributed by atoms with Gasteiger partial charge in [0.05, 0.1) is 10.2 Å². The maximum atomic E-state index is 4.46. The molecule has 0 atom stereocenters. The van der Waals surface area contributed by atoms with Gasteiger partial charge in [-0.25, -0.2) is 15.0 Å². The summed E-state index contributed by atoms with van der Waals surface area (Å²) in [5.74, 6) is 0.574. The van der Waals surface area contributed by atoms with E-state index in [1.165, 1.54) is 0 Å². The van der Waals surface area contributed by atoms with Gasteiger partial charge in [0.2, 0.25) is 5.95 Å². The van der Waals surface area contributed by atoms with Gasteiger partial charge in [0.25, 0.3) is 0 Å². The summed E-state index contributed by atoms with van der Waals surface area (Å²) in [5.41, 5.74) is 0.991. The molecule has 17 heavy (non-hydrogen) atoms. The highest BCUT2D eigenvalue weighted by Gasteiger charge is 2.04. The van der Waals surface area contributed by atoms with Crippen LogP contribution in [0.2, 0.25) is 0 Å². The molecule has 0 saturated carbocycles. The predicted molar refractivity (Wildman–Crippen MR) is 77.7 cm³/mol. The molecule has 0 aliphatic heterocycles. The zero-order valence-corrected chi connectivity index (χ0v) is 11.6. The fourth-order valence-corrected chi connectivity index (χ4v) is 2.54. The van der Waals surface area contributed by atoms with Crippen molar-refractivity contribution in [1.29, 1.82) is 0 Å². The monoisotopic (exact) mass is 354 g/mol. The molecule has 0 saturated heterocycles. The highest BCUT2D eigenvalue weighted by molar-refractivity contribution is 14.1. The Morgan fingerprint density at radius 2 is 1.88 bits per heavy atom. The molecule has 1 N–H and O–H groups in total. The van der Waals surface area contributed by atoms with Crippen LogP contribution in [0.4, 0.5) is 11.1 Å². The number of hydrogen-bond acceptors (Lipinski definition) is 5. The van der Waals surface area contributed by atoms with E-state index in [1.54, 1.807) is 23.7 Å². The molecule has 0 spiro atoms. The number of aromatic nitrogens is 3. The number of hydrogen-bond donors (Lipinski definition) is 1. The van der Waals surface area contributed by atoms with Crippen LogP contribution in [-0.2, 0) is 0 Å². The second-order valence-electron chi connectivity index (χ2n) is 3.34. The van der Waals surface area contributed by atoms with Gasteiger partial charge in [-0.15, -0.1) is 0 Å². The minimum Gasteiger partial charge on any atom is -0.300 e. The number of anilines is 2. The fraction of sp³-hybridized carbons (Fsp3) is 0. The molecular formula is C11H7IN4S. The first-order valence-corrected chi connectivity index (χ1v) is 6.81. The third-order valence-corrected chi connectivity index (χ3v) is 3.64. The van der Waals surface area contributed by atoms with E-state index >= 15 is 0 Å². The Morgan fingerprint density at radius 1 is 1.12 bits per heavy atom. The highest BCUT2D eigenvalue weighted by atomic mass is 127. The molecule has 0 radical (unpaired) electrons. The molecule has 0 unspecified atom stereocenters. The number of nitrogens with one attached hydrogen (secondary N) is 1. The summed E-state index contributed by atoms with van der Waals surface area (Å²) >= 11 is 3.77. The first-order chi connectivity index (χ1) is 8.31. The standard InChI is InChI=1S/C11H7IN4S/c12-7-5-13-10(14-6-7)16-11-15-8-3-1-2-4-9(8)17-11/h1-6H,(H,13,14,15,16). The van der Waals surface area contributed by atoms with Crippen molar-refractivity contribution in [2.45, 2.75) is 0 Å². The summed E-state index contributed by atoms with van der Waals surface area (Å²) in [5, 5.41) is 3.91. The Hall–Kier alpha value is -1.28. The molecule has 6 heteroatoms. The topological polar surface area (TPSA) is 50.7 Å². The minimum atomic E-state index is 0.574. The second kappa shape index (κ2) is 4.53. The van der Waals surface area contributed by atoms with Crippen LogP contribution >= 0.6 is 33.9 Å². The third-order valence-electron chi connectivity index (χ3n) is 2.13. The smallest absolute Gasteiger partial charge is 0.228 e. The van der Waals surface area contributed by atoms with Crippen molar-refractivity contribution in [2.24, 2.45) is 0 Å². The first-order valence-electron chi connectivity index (χ1n) is 4.91. The van der Waals surface area contributed by atoms with Crippen molar-refractivity contribution in [1.82, 2.24) is 15.0 Å². The average molecular weight is 354 g/mol. The van der Waals surface area contributed by atoms with Gasteiger partial charge in [-0.1, -0.05) is 23.5 Å². The van der Waals surface area contributed by atoms with E-state index in [0.717, 1.165) is 18.9 Å². The number of fused-ring (bicyclic) bond motifs is 1. The average Bonchev–Trinajstić information content (AvgIpc) is 2.74. The molecule has 2 aromatic heterocycles. The largest absolute Gasteiger partial charge is 0.300 e. The lowest BCUT2D eigenvalue weighted by Gasteiger charge is -1.98. The number of nitrogens with zero attached hydrogens (tertiary/aromatic N) is 3. The maximum Gasteiger partial charge on any atom is 0.228 e. The Balaban J connectivity index is 1.92. The zero-order valence-electron chi connectivity index (χ0n) is 8.59. The van der Waals surface area contributed by atoms with Gasteiger partial charge < -0.3 is 5.32 Å². The van der Waals surface area contributed by atoms with E-state index in [1.807, 2.05) is 24.3 Å². The van der Waals surface area contributed by atoms with Gasteiger partial charge in [-0.05, 0) is 34.7 Å². The van der Waals surface area contributed by atoms with Crippen molar-refractivity contribution in [3.05, 3.63) is 40.2 Å². The summed E-state index contributed by atoms with van der Waals surface area (Å²) < 4.78 is 2.16. The van der Waals surface area contributed by atoms with Crippen LogP contribution in [0.5, 0.6) is 0 Å². The van der Waals surface area contributed by atoms with Crippen LogP contribution in [-0.4, -0.2) is 15.0 Å². The molecule has 84 valence electrons. The summed E-state index contributed by atoms with van der Waals surface area (Å²) in [6, 6.07) is 8.03. The van der Waals surface area contributed by atoms with Crippen molar-refractivity contribution in [3.63, 3.8) is 0 Å². The van der Waals surface area contributed by atoms with E-state index in [9.17, 15) is 0 Å². The van der Waals surface area contributed by atoms with Gasteiger partial charge >= 0.3 is 0 Å². The molecular weight excluding hydrogens is 347 g/mol. The Morgan fingerprint density at radius 3 is 2.65 bits per heavy atom. The van der Waals surface area contributed by atoms with Gasteiger partial charge in [0.1, 0.15) is 0 Å². The van der Waals surface area contributed by atoms with Gasteiger partial charge in [0, 0.05) is 16.0 Å². The highest BCUT2D eigenvalue weighted by Crippen LogP contribution is 2.26. The van der Waals surface area contributed by atoms with Gasteiger partial charge in [0.15, 0.2) is 5.13 Å². The number of thiazole rings is 1. The van der Waals surface area contributed by atoms with Crippen LogP contribution in [0.15, 0.2) is 36.7 Å². The lowest BCUT2D eigenvalue weighted by atomic mass is 10.3. The molecule has 4 nitrogen and oxygen atoms in total. The quantitative estimate of drug-likeness (QED) is 0.717. The Bertz CT molecular complexity index is 617. The lowest BCUT2D eigenvalue weighted by Crippen LogP contribution is -1.95. The molecule has 1 aromatic carbocycles. The van der Waals surface area contributed by atoms with Crippen molar-refractivity contribution in [2.75, 3.05) is 5.32 Å². The minimum absolute atomic E-state index is 0.574. The Labute approximate surface area is 115 Å². The summed E-state index contributed by atoms with van der Waals surface area (Å²) in [6.07, 6.45) is 3.53. The van der Waals surface area contributed by atoms with Crippen molar-refractivity contribution < 1.29 is 0 Å². The summed E-state index contributed by atoms with van der Waals surface area (Å²) in [6.45, 7) is 0. The molecule has 0 amide bonds. The zero-order chi connectivity index (χ0) is 11.7. The number of halogens is 1. The third kappa shape index (κ3) is 2.37. The molecule has 0 fully saturated rings. The molecule has 0 aliphatic carbocycles. The van der Waals surface area contributed by atoms with Crippen LogP contribution in [0.25, 0.3) is 10.2 Å². The maximum absolute atomic E-state index is 4.46. The predicted octanol–water partition coefficient (Wildman–Crippen LogP) is 3.43. The lowest BCUT2D eigenvalue weighted by molar-refractivity contribution is 1.15. The van der Waals surface area contributed by atoms with Crippen LogP contribution in [0.1, 0.15) is 0 Å². The van der Waals surface area contributed by atoms with E-state index in [4.69, 9.17) is 0 Å². The molecule has 0 aliphatic rings. The molecule has 0 bridgehead atoms. The number of para-hydroxylation sites is 1. The van der Waals surface area contributed by atoms with Crippen LogP contribution in [0.3, 0.4) is 0 Å². The normalized spacial score (nSPS) is 10.6. The van der Waals surface area contributed by atoms with Gasteiger partial charge in [-0.3, -0.25) is 0 Å². The molecule has 3 aromatic rings. The van der Waals surface area contributed by atoms with Crippen LogP contribution < -0.4 is 5.32 Å². The summed E-state index contributed by atoms with van der Waals surface area (Å²) in [4.78, 5) is 12.8. The number of benzene rings is 1. The Kier molecular flexibility index (Phi) is 2.89. The molecule has 2 heterocycles. The van der Waals surface area contributed by atoms with Crippen molar-refractivity contribution in [3.8, 4) is 0 Å². The van der Waals surface area contributed by atoms with Crippen molar-refractivity contribution >= 4 is 55.2 Å².